The highest BCUT2D eigenvalue weighted by Gasteiger charge is 2.16. The van der Waals surface area contributed by atoms with Crippen LogP contribution in [0.5, 0.6) is 0 Å². The van der Waals surface area contributed by atoms with Gasteiger partial charge in [0.2, 0.25) is 5.91 Å². The second kappa shape index (κ2) is 10.0. The van der Waals surface area contributed by atoms with Gasteiger partial charge in [-0.05, 0) is 43.7 Å². The lowest BCUT2D eigenvalue weighted by Crippen LogP contribution is -2.24. The Morgan fingerprint density at radius 3 is 2.46 bits per heavy atom. The molecule has 9 heteroatoms. The van der Waals surface area contributed by atoms with Crippen LogP contribution in [0.3, 0.4) is 0 Å². The van der Waals surface area contributed by atoms with Crippen molar-refractivity contribution in [2.24, 2.45) is 0 Å². The zero-order chi connectivity index (χ0) is 20.6. The highest BCUT2D eigenvalue weighted by atomic mass is 32.2. The fourth-order valence-electron chi connectivity index (χ4n) is 2.52. The number of hydrogen-bond donors (Lipinski definition) is 1. The summed E-state index contributed by atoms with van der Waals surface area (Å²) in [6, 6.07) is 8.24. The zero-order valence-electron chi connectivity index (χ0n) is 16.1. The van der Waals surface area contributed by atoms with Gasteiger partial charge in [0.05, 0.1) is 18.0 Å². The Kier molecular flexibility index (Phi) is 7.74. The summed E-state index contributed by atoms with van der Waals surface area (Å²) in [4.78, 5) is 23.7. The van der Waals surface area contributed by atoms with Gasteiger partial charge in [-0.15, -0.1) is 0 Å². The Morgan fingerprint density at radius 1 is 1.11 bits per heavy atom. The molecule has 0 saturated carbocycles. The highest BCUT2D eigenvalue weighted by Crippen LogP contribution is 2.14. The molecule has 28 heavy (non-hydrogen) atoms. The molecule has 1 N–H and O–H groups in total. The first-order valence-electron chi connectivity index (χ1n) is 9.18. The molecule has 0 radical (unpaired) electrons. The summed E-state index contributed by atoms with van der Waals surface area (Å²) in [6.07, 6.45) is 3.94. The van der Waals surface area contributed by atoms with E-state index in [-0.39, 0.29) is 18.1 Å². The van der Waals surface area contributed by atoms with E-state index in [4.69, 9.17) is 4.74 Å². The number of rotatable bonds is 10. The van der Waals surface area contributed by atoms with Gasteiger partial charge in [-0.1, -0.05) is 19.8 Å². The van der Waals surface area contributed by atoms with Crippen LogP contribution in [0.4, 0.5) is 5.69 Å². The average molecular weight is 407 g/mol. The Hall–Kier alpha value is -2.68. The third-order valence-electron chi connectivity index (χ3n) is 3.90. The molecule has 8 nitrogen and oxygen atoms in total. The van der Waals surface area contributed by atoms with E-state index in [1.165, 1.54) is 4.68 Å². The van der Waals surface area contributed by atoms with Crippen LogP contribution in [0.15, 0.2) is 36.5 Å². The Morgan fingerprint density at radius 2 is 1.82 bits per heavy atom. The van der Waals surface area contributed by atoms with Gasteiger partial charge in [-0.2, -0.15) is 5.10 Å². The summed E-state index contributed by atoms with van der Waals surface area (Å²) < 4.78 is 30.3. The van der Waals surface area contributed by atoms with E-state index in [2.05, 4.69) is 10.4 Å². The molecule has 0 spiro atoms. The van der Waals surface area contributed by atoms with Gasteiger partial charge in [0.15, 0.2) is 15.5 Å². The molecule has 2 aromatic rings. The number of aromatic nitrogens is 2. The van der Waals surface area contributed by atoms with Crippen LogP contribution < -0.4 is 5.32 Å². The predicted octanol–water partition coefficient (Wildman–Crippen LogP) is 2.59. The molecule has 1 aromatic heterocycles. The molecule has 0 saturated heterocycles. The molecule has 0 bridgehead atoms. The minimum Gasteiger partial charge on any atom is -0.461 e. The van der Waals surface area contributed by atoms with E-state index < -0.39 is 27.5 Å². The lowest BCUT2D eigenvalue weighted by Gasteiger charge is -2.08. The molecule has 0 unspecified atom stereocenters. The average Bonchev–Trinajstić information content (AvgIpc) is 3.12. The number of nitrogens with one attached hydrogen (secondary N) is 1. The summed E-state index contributed by atoms with van der Waals surface area (Å²) in [6.45, 7) is 3.98. The van der Waals surface area contributed by atoms with Gasteiger partial charge in [0.25, 0.3) is 0 Å². The van der Waals surface area contributed by atoms with Crippen LogP contribution in [0.25, 0.3) is 5.69 Å². The lowest BCUT2D eigenvalue weighted by molar-refractivity contribution is -0.113. The van der Waals surface area contributed by atoms with E-state index in [1.54, 1.807) is 43.5 Å². The minimum atomic E-state index is -3.40. The molecule has 0 fully saturated rings. The van der Waals surface area contributed by atoms with E-state index >= 15 is 0 Å². The van der Waals surface area contributed by atoms with Crippen LogP contribution in [0, 0.1) is 0 Å². The summed E-state index contributed by atoms with van der Waals surface area (Å²) in [7, 11) is -3.40. The number of carbonyl (C=O) groups excluding carboxylic acids is 2. The zero-order valence-corrected chi connectivity index (χ0v) is 16.9. The van der Waals surface area contributed by atoms with Crippen molar-refractivity contribution in [1.29, 1.82) is 0 Å². The number of nitrogens with zero attached hydrogens (tertiary/aromatic N) is 2. The maximum atomic E-state index is 12.0. The SMILES string of the molecule is CCCCCS(=O)(=O)CC(=O)Nc1ccc(-n2ccc(C(=O)OCC)n2)cc1. The second-order valence-electron chi connectivity index (χ2n) is 6.26. The van der Waals surface area contributed by atoms with Crippen molar-refractivity contribution in [3.8, 4) is 5.69 Å². The Balaban J connectivity index is 1.95. The monoisotopic (exact) mass is 407 g/mol. The van der Waals surface area contributed by atoms with E-state index in [0.29, 0.717) is 17.8 Å². The molecular formula is C19H25N3O5S. The van der Waals surface area contributed by atoms with Crippen molar-refractivity contribution in [3.63, 3.8) is 0 Å². The van der Waals surface area contributed by atoms with Crippen LogP contribution in [0.1, 0.15) is 43.6 Å². The maximum Gasteiger partial charge on any atom is 0.358 e. The summed E-state index contributed by atoms with van der Waals surface area (Å²) in [5.74, 6) is -1.56. The quantitative estimate of drug-likeness (QED) is 0.479. The smallest absolute Gasteiger partial charge is 0.358 e. The van der Waals surface area contributed by atoms with Crippen molar-refractivity contribution in [3.05, 3.63) is 42.2 Å². The van der Waals surface area contributed by atoms with Gasteiger partial charge in [-0.25, -0.2) is 17.9 Å². The van der Waals surface area contributed by atoms with Gasteiger partial charge in [0.1, 0.15) is 5.75 Å². The molecule has 1 amide bonds. The molecule has 2 rings (SSSR count). The van der Waals surface area contributed by atoms with Gasteiger partial charge in [0, 0.05) is 11.9 Å². The first-order valence-corrected chi connectivity index (χ1v) is 11.0. The molecule has 1 heterocycles. The van der Waals surface area contributed by atoms with Crippen molar-refractivity contribution in [2.75, 3.05) is 23.4 Å². The van der Waals surface area contributed by atoms with Crippen molar-refractivity contribution >= 4 is 27.4 Å². The number of esters is 1. The first kappa shape index (κ1) is 21.6. The van der Waals surface area contributed by atoms with Crippen molar-refractivity contribution < 1.29 is 22.7 Å². The van der Waals surface area contributed by atoms with Crippen molar-refractivity contribution in [1.82, 2.24) is 9.78 Å². The standard InChI is InChI=1S/C19H25N3O5S/c1-3-5-6-13-28(25,26)14-18(23)20-15-7-9-16(10-8-15)22-12-11-17(21-22)19(24)27-4-2/h7-12H,3-6,13-14H2,1-2H3,(H,20,23). The summed E-state index contributed by atoms with van der Waals surface area (Å²) in [5, 5.41) is 6.73. The minimum absolute atomic E-state index is 0.0231. The van der Waals surface area contributed by atoms with Crippen LogP contribution >= 0.6 is 0 Å². The van der Waals surface area contributed by atoms with Crippen LogP contribution in [0.2, 0.25) is 0 Å². The molecular weight excluding hydrogens is 382 g/mol. The van der Waals surface area contributed by atoms with Crippen LogP contribution in [-0.4, -0.2) is 48.2 Å². The normalized spacial score (nSPS) is 11.2. The molecule has 0 aliphatic heterocycles. The van der Waals surface area contributed by atoms with Crippen molar-refractivity contribution in [2.45, 2.75) is 33.1 Å². The molecule has 0 aliphatic rings. The number of carbonyl (C=O) groups is 2. The number of benzene rings is 1. The van der Waals surface area contributed by atoms with E-state index in [1.807, 2.05) is 6.92 Å². The number of hydrogen-bond acceptors (Lipinski definition) is 6. The second-order valence-corrected chi connectivity index (χ2v) is 8.44. The Labute approximate surface area is 164 Å². The van der Waals surface area contributed by atoms with Crippen LogP contribution in [-0.2, 0) is 19.4 Å². The molecule has 1 aromatic carbocycles. The van der Waals surface area contributed by atoms with Gasteiger partial charge in [-0.3, -0.25) is 4.79 Å². The fraction of sp³-hybridized carbons (Fsp3) is 0.421. The number of ether oxygens (including phenoxy) is 1. The maximum absolute atomic E-state index is 12.0. The van der Waals surface area contributed by atoms with Gasteiger partial charge >= 0.3 is 5.97 Å². The Bertz CT molecular complexity index is 904. The third kappa shape index (κ3) is 6.49. The first-order chi connectivity index (χ1) is 13.3. The third-order valence-corrected chi connectivity index (χ3v) is 5.51. The molecule has 0 aliphatic carbocycles. The highest BCUT2D eigenvalue weighted by molar-refractivity contribution is 7.92. The van der Waals surface area contributed by atoms with E-state index in [0.717, 1.165) is 12.8 Å². The molecule has 0 atom stereocenters. The number of anilines is 1. The lowest BCUT2D eigenvalue weighted by atomic mass is 10.3. The predicted molar refractivity (Wildman–Crippen MR) is 106 cm³/mol. The van der Waals surface area contributed by atoms with E-state index in [9.17, 15) is 18.0 Å². The summed E-state index contributed by atoms with van der Waals surface area (Å²) >= 11 is 0. The molecule has 152 valence electrons. The largest absolute Gasteiger partial charge is 0.461 e. The fourth-order valence-corrected chi connectivity index (χ4v) is 3.78. The number of sulfone groups is 1. The van der Waals surface area contributed by atoms with Gasteiger partial charge < -0.3 is 10.1 Å². The number of unbranched alkanes of at least 4 members (excludes halogenated alkanes) is 2. The summed E-state index contributed by atoms with van der Waals surface area (Å²) in [5.41, 5.74) is 1.36. The number of amides is 1. The topological polar surface area (TPSA) is 107 Å².